The second-order valence-electron chi connectivity index (χ2n) is 6.81. The lowest BCUT2D eigenvalue weighted by Gasteiger charge is -2.20. The molecule has 1 unspecified atom stereocenters. The zero-order valence-corrected chi connectivity index (χ0v) is 16.9. The van der Waals surface area contributed by atoms with E-state index < -0.39 is 0 Å². The van der Waals surface area contributed by atoms with Crippen LogP contribution >= 0.6 is 11.6 Å². The van der Waals surface area contributed by atoms with E-state index in [4.69, 9.17) is 21.1 Å². The third-order valence-electron chi connectivity index (χ3n) is 4.97. The molecular formula is C21H21ClN4O3. The summed E-state index contributed by atoms with van der Waals surface area (Å²) in [6.45, 7) is 1.19. The minimum Gasteiger partial charge on any atom is -0.496 e. The van der Waals surface area contributed by atoms with Crippen molar-refractivity contribution >= 4 is 34.4 Å². The Balaban J connectivity index is 1.48. The van der Waals surface area contributed by atoms with Crippen molar-refractivity contribution in [1.29, 1.82) is 0 Å². The van der Waals surface area contributed by atoms with Gasteiger partial charge in [-0.3, -0.25) is 9.78 Å². The maximum Gasteiger partial charge on any atom is 0.261 e. The predicted octanol–water partition coefficient (Wildman–Crippen LogP) is 3.63. The van der Waals surface area contributed by atoms with Gasteiger partial charge in [0.1, 0.15) is 22.9 Å². The van der Waals surface area contributed by atoms with Crippen LogP contribution in [-0.4, -0.2) is 54.1 Å². The van der Waals surface area contributed by atoms with E-state index >= 15 is 0 Å². The van der Waals surface area contributed by atoms with Crippen LogP contribution in [0.25, 0.3) is 11.0 Å². The van der Waals surface area contributed by atoms with Crippen LogP contribution in [0, 0.1) is 0 Å². The molecule has 1 aromatic heterocycles. The largest absolute Gasteiger partial charge is 0.496 e. The van der Waals surface area contributed by atoms with Crippen LogP contribution in [0.2, 0.25) is 5.02 Å². The number of nitrogens with one attached hydrogen (secondary N) is 1. The fraction of sp³-hybridized carbons (Fsp3) is 0.286. The smallest absolute Gasteiger partial charge is 0.261 e. The van der Waals surface area contributed by atoms with Crippen LogP contribution in [0.3, 0.4) is 0 Å². The Labute approximate surface area is 173 Å². The molecular weight excluding hydrogens is 392 g/mol. The van der Waals surface area contributed by atoms with Crippen molar-refractivity contribution in [3.05, 3.63) is 53.2 Å². The Bertz CT molecular complexity index is 1040. The summed E-state index contributed by atoms with van der Waals surface area (Å²) in [7, 11) is 3.09. The lowest BCUT2D eigenvalue weighted by Crippen LogP contribution is -2.32. The van der Waals surface area contributed by atoms with Crippen molar-refractivity contribution in [3.63, 3.8) is 0 Å². The van der Waals surface area contributed by atoms with Crippen LogP contribution in [0.4, 0.5) is 5.82 Å². The molecule has 1 fully saturated rings. The molecule has 3 aromatic rings. The summed E-state index contributed by atoms with van der Waals surface area (Å²) in [5.74, 6) is 1.58. The average molecular weight is 413 g/mol. The maximum atomic E-state index is 13.1. The van der Waals surface area contributed by atoms with E-state index in [1.165, 1.54) is 0 Å². The Hall–Kier alpha value is -3.06. The second-order valence-corrected chi connectivity index (χ2v) is 7.24. The van der Waals surface area contributed by atoms with Gasteiger partial charge in [-0.25, -0.2) is 4.98 Å². The number of amides is 1. The quantitative estimate of drug-likeness (QED) is 0.689. The van der Waals surface area contributed by atoms with Crippen LogP contribution in [0.5, 0.6) is 11.5 Å². The summed E-state index contributed by atoms with van der Waals surface area (Å²) in [6.07, 6.45) is 2.50. The van der Waals surface area contributed by atoms with Gasteiger partial charge >= 0.3 is 0 Å². The number of fused-ring (bicyclic) bond motifs is 1. The second kappa shape index (κ2) is 8.13. The summed E-state index contributed by atoms with van der Waals surface area (Å²) >= 11 is 6.00. The number of aromatic nitrogens is 2. The fourth-order valence-electron chi connectivity index (χ4n) is 3.55. The lowest BCUT2D eigenvalue weighted by atomic mass is 10.1. The topological polar surface area (TPSA) is 76.6 Å². The first-order chi connectivity index (χ1) is 14.1. The Kier molecular flexibility index (Phi) is 5.40. The first-order valence-corrected chi connectivity index (χ1v) is 9.66. The van der Waals surface area contributed by atoms with Crippen LogP contribution in [-0.2, 0) is 0 Å². The van der Waals surface area contributed by atoms with Crippen molar-refractivity contribution in [3.8, 4) is 11.5 Å². The molecule has 1 amide bonds. The van der Waals surface area contributed by atoms with Crippen molar-refractivity contribution in [2.45, 2.75) is 12.5 Å². The molecule has 2 aromatic carbocycles. The number of halogens is 1. The van der Waals surface area contributed by atoms with E-state index in [2.05, 4.69) is 15.3 Å². The molecule has 2 heterocycles. The molecule has 0 saturated carbocycles. The molecule has 150 valence electrons. The zero-order valence-electron chi connectivity index (χ0n) is 16.2. The van der Waals surface area contributed by atoms with Gasteiger partial charge in [0.25, 0.3) is 5.91 Å². The Morgan fingerprint density at radius 3 is 2.66 bits per heavy atom. The van der Waals surface area contributed by atoms with Gasteiger partial charge in [-0.15, -0.1) is 0 Å². The minimum absolute atomic E-state index is 0.0821. The van der Waals surface area contributed by atoms with Crippen molar-refractivity contribution < 1.29 is 14.3 Å². The maximum absolute atomic E-state index is 13.1. The van der Waals surface area contributed by atoms with Crippen LogP contribution < -0.4 is 14.8 Å². The minimum atomic E-state index is -0.108. The van der Waals surface area contributed by atoms with E-state index in [0.29, 0.717) is 41.0 Å². The predicted molar refractivity (Wildman–Crippen MR) is 112 cm³/mol. The van der Waals surface area contributed by atoms with E-state index in [0.717, 1.165) is 17.5 Å². The summed E-state index contributed by atoms with van der Waals surface area (Å²) < 4.78 is 10.7. The average Bonchev–Trinajstić information content (AvgIpc) is 3.21. The number of benzene rings is 2. The van der Waals surface area contributed by atoms with Gasteiger partial charge in [-0.05, 0) is 36.8 Å². The number of methoxy groups -OCH3 is 2. The van der Waals surface area contributed by atoms with Gasteiger partial charge < -0.3 is 19.7 Å². The van der Waals surface area contributed by atoms with E-state index in [9.17, 15) is 4.79 Å². The molecule has 0 radical (unpaired) electrons. The summed E-state index contributed by atoms with van der Waals surface area (Å²) in [5.41, 5.74) is 1.96. The van der Waals surface area contributed by atoms with Crippen LogP contribution in [0.1, 0.15) is 16.8 Å². The standard InChI is InChI=1S/C21H21ClN4O3/c1-28-17-4-3-5-18(29-2)20(17)21(27)26-9-8-14(12-26)24-19-11-23-16-10-13(22)6-7-15(16)25-19/h3-7,10-11,14H,8-9,12H2,1-2H3,(H,24,25). The van der Waals surface area contributed by atoms with Gasteiger partial charge in [0.2, 0.25) is 0 Å². The van der Waals surface area contributed by atoms with E-state index in [1.807, 2.05) is 6.07 Å². The number of carbonyl (C=O) groups excluding carboxylic acids is 1. The van der Waals surface area contributed by atoms with Crippen molar-refractivity contribution in [2.75, 3.05) is 32.6 Å². The molecule has 4 rings (SSSR count). The normalized spacial score (nSPS) is 16.1. The monoisotopic (exact) mass is 412 g/mol. The molecule has 1 atom stereocenters. The number of rotatable bonds is 5. The van der Waals surface area contributed by atoms with Gasteiger partial charge in [-0.2, -0.15) is 0 Å². The number of anilines is 1. The summed E-state index contributed by atoms with van der Waals surface area (Å²) in [4.78, 5) is 23.9. The first-order valence-electron chi connectivity index (χ1n) is 9.28. The van der Waals surface area contributed by atoms with Crippen LogP contribution in [0.15, 0.2) is 42.6 Å². The van der Waals surface area contributed by atoms with Gasteiger partial charge in [0.15, 0.2) is 0 Å². The Morgan fingerprint density at radius 2 is 1.93 bits per heavy atom. The number of nitrogens with zero attached hydrogens (tertiary/aromatic N) is 3. The fourth-order valence-corrected chi connectivity index (χ4v) is 3.71. The highest BCUT2D eigenvalue weighted by molar-refractivity contribution is 6.31. The van der Waals surface area contributed by atoms with Gasteiger partial charge in [0.05, 0.1) is 31.4 Å². The lowest BCUT2D eigenvalue weighted by molar-refractivity contribution is 0.0784. The third kappa shape index (κ3) is 3.91. The molecule has 0 aliphatic carbocycles. The van der Waals surface area contributed by atoms with E-state index in [-0.39, 0.29) is 11.9 Å². The number of likely N-dealkylation sites (tertiary alicyclic amines) is 1. The number of hydrogen-bond acceptors (Lipinski definition) is 6. The van der Waals surface area contributed by atoms with Gasteiger partial charge in [0, 0.05) is 24.2 Å². The third-order valence-corrected chi connectivity index (χ3v) is 5.21. The highest BCUT2D eigenvalue weighted by atomic mass is 35.5. The molecule has 29 heavy (non-hydrogen) atoms. The molecule has 1 saturated heterocycles. The summed E-state index contributed by atoms with van der Waals surface area (Å²) in [6, 6.07) is 10.8. The highest BCUT2D eigenvalue weighted by Crippen LogP contribution is 2.31. The molecule has 1 aliphatic heterocycles. The molecule has 7 nitrogen and oxygen atoms in total. The molecule has 1 N–H and O–H groups in total. The molecule has 8 heteroatoms. The van der Waals surface area contributed by atoms with Crippen molar-refractivity contribution in [2.24, 2.45) is 0 Å². The number of ether oxygens (including phenoxy) is 2. The van der Waals surface area contributed by atoms with Crippen molar-refractivity contribution in [1.82, 2.24) is 14.9 Å². The number of hydrogen-bond donors (Lipinski definition) is 1. The number of carbonyl (C=O) groups is 1. The molecule has 1 aliphatic rings. The van der Waals surface area contributed by atoms with E-state index in [1.54, 1.807) is 55.6 Å². The first kappa shape index (κ1) is 19.3. The SMILES string of the molecule is COc1cccc(OC)c1C(=O)N1CCC(Nc2cnc3cc(Cl)ccc3n2)C1. The summed E-state index contributed by atoms with van der Waals surface area (Å²) in [5, 5.41) is 4.01. The zero-order chi connectivity index (χ0) is 20.4. The molecule has 0 spiro atoms. The Morgan fingerprint density at radius 1 is 1.17 bits per heavy atom. The highest BCUT2D eigenvalue weighted by Gasteiger charge is 2.30. The molecule has 0 bridgehead atoms. The van der Waals surface area contributed by atoms with Gasteiger partial charge in [-0.1, -0.05) is 17.7 Å².